The molecule has 1 fully saturated rings. The third kappa shape index (κ3) is 5.06. The summed E-state index contributed by atoms with van der Waals surface area (Å²) in [5, 5.41) is 3.61. The lowest BCUT2D eigenvalue weighted by Gasteiger charge is -2.37. The molecule has 0 bridgehead atoms. The second-order valence-corrected chi connectivity index (χ2v) is 6.85. The fraction of sp³-hybridized carbons (Fsp3) is 0.647. The quantitative estimate of drug-likeness (QED) is 0.844. The van der Waals surface area contributed by atoms with Crippen LogP contribution in [0.2, 0.25) is 0 Å². The minimum atomic E-state index is 0.353. The second-order valence-electron chi connectivity index (χ2n) is 5.94. The number of ether oxygens (including phenoxy) is 1. The molecule has 3 atom stereocenters. The maximum absolute atomic E-state index is 5.71. The van der Waals surface area contributed by atoms with Crippen molar-refractivity contribution in [3.63, 3.8) is 0 Å². The van der Waals surface area contributed by atoms with Crippen LogP contribution in [-0.2, 0) is 4.74 Å². The Morgan fingerprint density at radius 2 is 2.05 bits per heavy atom. The zero-order chi connectivity index (χ0) is 15.2. The standard InChI is InChI=1S/C17H27BrN2O/c1-4-19-17(15-5-7-16(18)8-6-15)9-10-20-11-14(3)21-12-13(20)2/h5-8,13-14,17,19H,4,9-12H2,1-3H3. The molecule has 1 saturated heterocycles. The Kier molecular flexibility index (Phi) is 6.68. The highest BCUT2D eigenvalue weighted by Crippen LogP contribution is 2.21. The Labute approximate surface area is 137 Å². The van der Waals surface area contributed by atoms with Gasteiger partial charge in [0.15, 0.2) is 0 Å². The van der Waals surface area contributed by atoms with E-state index in [0.717, 1.165) is 37.1 Å². The highest BCUT2D eigenvalue weighted by Gasteiger charge is 2.24. The lowest BCUT2D eigenvalue weighted by Crippen LogP contribution is -2.48. The molecule has 0 amide bonds. The maximum Gasteiger partial charge on any atom is 0.0674 e. The van der Waals surface area contributed by atoms with Crippen LogP contribution >= 0.6 is 15.9 Å². The van der Waals surface area contributed by atoms with E-state index in [0.29, 0.717) is 18.2 Å². The first-order valence-electron chi connectivity index (χ1n) is 7.94. The summed E-state index contributed by atoms with van der Waals surface area (Å²) in [5.74, 6) is 0. The van der Waals surface area contributed by atoms with Crippen LogP contribution in [0.3, 0.4) is 0 Å². The third-order valence-corrected chi connectivity index (χ3v) is 4.69. The van der Waals surface area contributed by atoms with Crippen molar-refractivity contribution in [1.82, 2.24) is 10.2 Å². The van der Waals surface area contributed by atoms with E-state index in [-0.39, 0.29) is 0 Å². The Morgan fingerprint density at radius 1 is 1.33 bits per heavy atom. The number of nitrogens with one attached hydrogen (secondary N) is 1. The lowest BCUT2D eigenvalue weighted by atomic mass is 10.0. The summed E-state index contributed by atoms with van der Waals surface area (Å²) < 4.78 is 6.85. The number of nitrogens with zero attached hydrogens (tertiary/aromatic N) is 1. The minimum absolute atomic E-state index is 0.353. The van der Waals surface area contributed by atoms with Crippen molar-refractivity contribution in [3.8, 4) is 0 Å². The molecular formula is C17H27BrN2O. The average Bonchev–Trinajstić information content (AvgIpc) is 2.48. The zero-order valence-electron chi connectivity index (χ0n) is 13.3. The van der Waals surface area contributed by atoms with Gasteiger partial charge in [0.05, 0.1) is 12.7 Å². The fourth-order valence-corrected chi connectivity index (χ4v) is 3.17. The van der Waals surface area contributed by atoms with Crippen LogP contribution in [0.4, 0.5) is 0 Å². The van der Waals surface area contributed by atoms with Crippen molar-refractivity contribution in [2.45, 2.75) is 45.4 Å². The molecule has 21 heavy (non-hydrogen) atoms. The number of morpholine rings is 1. The van der Waals surface area contributed by atoms with E-state index < -0.39 is 0 Å². The van der Waals surface area contributed by atoms with E-state index in [9.17, 15) is 0 Å². The van der Waals surface area contributed by atoms with Crippen molar-refractivity contribution in [3.05, 3.63) is 34.3 Å². The van der Waals surface area contributed by atoms with Gasteiger partial charge in [0.2, 0.25) is 0 Å². The highest BCUT2D eigenvalue weighted by molar-refractivity contribution is 9.10. The molecule has 4 heteroatoms. The van der Waals surface area contributed by atoms with Gasteiger partial charge in [0.25, 0.3) is 0 Å². The molecule has 1 heterocycles. The first-order valence-corrected chi connectivity index (χ1v) is 8.74. The zero-order valence-corrected chi connectivity index (χ0v) is 14.9. The lowest BCUT2D eigenvalue weighted by molar-refractivity contribution is -0.0502. The summed E-state index contributed by atoms with van der Waals surface area (Å²) in [4.78, 5) is 2.55. The van der Waals surface area contributed by atoms with Crippen molar-refractivity contribution in [2.24, 2.45) is 0 Å². The van der Waals surface area contributed by atoms with Gasteiger partial charge < -0.3 is 10.1 Å². The summed E-state index contributed by atoms with van der Waals surface area (Å²) >= 11 is 3.51. The van der Waals surface area contributed by atoms with Crippen molar-refractivity contribution >= 4 is 15.9 Å². The molecule has 3 unspecified atom stereocenters. The normalized spacial score (nSPS) is 25.0. The van der Waals surface area contributed by atoms with Crippen LogP contribution in [0.5, 0.6) is 0 Å². The van der Waals surface area contributed by atoms with E-state index in [1.807, 2.05) is 0 Å². The molecule has 0 aromatic heterocycles. The Morgan fingerprint density at radius 3 is 2.71 bits per heavy atom. The monoisotopic (exact) mass is 354 g/mol. The fourth-order valence-electron chi connectivity index (χ4n) is 2.91. The van der Waals surface area contributed by atoms with Crippen molar-refractivity contribution in [2.75, 3.05) is 26.2 Å². The number of hydrogen-bond donors (Lipinski definition) is 1. The maximum atomic E-state index is 5.71. The van der Waals surface area contributed by atoms with E-state index in [2.05, 4.69) is 71.2 Å². The molecule has 1 N–H and O–H groups in total. The molecule has 0 radical (unpaired) electrons. The van der Waals surface area contributed by atoms with E-state index in [1.165, 1.54) is 5.56 Å². The highest BCUT2D eigenvalue weighted by atomic mass is 79.9. The molecule has 2 rings (SSSR count). The van der Waals surface area contributed by atoms with Crippen LogP contribution in [0.15, 0.2) is 28.7 Å². The van der Waals surface area contributed by atoms with Gasteiger partial charge in [0.1, 0.15) is 0 Å². The SMILES string of the molecule is CCNC(CCN1CC(C)OCC1C)c1ccc(Br)cc1. The molecule has 0 saturated carbocycles. The number of benzene rings is 1. The molecule has 1 aromatic carbocycles. The molecule has 0 aliphatic carbocycles. The summed E-state index contributed by atoms with van der Waals surface area (Å²) in [5.41, 5.74) is 1.37. The summed E-state index contributed by atoms with van der Waals surface area (Å²) in [6, 6.07) is 9.62. The van der Waals surface area contributed by atoms with Crippen LogP contribution < -0.4 is 5.32 Å². The van der Waals surface area contributed by atoms with Gasteiger partial charge in [0, 0.05) is 29.6 Å². The predicted molar refractivity (Wildman–Crippen MR) is 91.6 cm³/mol. The molecule has 1 aliphatic rings. The summed E-state index contributed by atoms with van der Waals surface area (Å²) in [7, 11) is 0. The summed E-state index contributed by atoms with van der Waals surface area (Å²) in [6.45, 7) is 10.6. The molecule has 1 aliphatic heterocycles. The minimum Gasteiger partial charge on any atom is -0.376 e. The van der Waals surface area contributed by atoms with Crippen molar-refractivity contribution in [1.29, 1.82) is 0 Å². The van der Waals surface area contributed by atoms with Gasteiger partial charge >= 0.3 is 0 Å². The topological polar surface area (TPSA) is 24.5 Å². The molecular weight excluding hydrogens is 328 g/mol. The van der Waals surface area contributed by atoms with Gasteiger partial charge in [-0.1, -0.05) is 35.0 Å². The van der Waals surface area contributed by atoms with Crippen LogP contribution in [0.1, 0.15) is 38.8 Å². The summed E-state index contributed by atoms with van der Waals surface area (Å²) in [6.07, 6.45) is 1.48. The molecule has 3 nitrogen and oxygen atoms in total. The predicted octanol–water partition coefficient (Wildman–Crippen LogP) is 3.60. The number of rotatable bonds is 6. The first-order chi connectivity index (χ1) is 10.1. The van der Waals surface area contributed by atoms with E-state index in [1.54, 1.807) is 0 Å². The number of hydrogen-bond acceptors (Lipinski definition) is 3. The molecule has 0 spiro atoms. The Hall–Kier alpha value is -0.420. The molecule has 1 aromatic rings. The smallest absolute Gasteiger partial charge is 0.0674 e. The van der Waals surface area contributed by atoms with Gasteiger partial charge in [-0.15, -0.1) is 0 Å². The van der Waals surface area contributed by atoms with Gasteiger partial charge in [-0.2, -0.15) is 0 Å². The van der Waals surface area contributed by atoms with Crippen LogP contribution in [0.25, 0.3) is 0 Å². The Bertz CT molecular complexity index is 423. The van der Waals surface area contributed by atoms with E-state index in [4.69, 9.17) is 4.74 Å². The van der Waals surface area contributed by atoms with Gasteiger partial charge in [-0.3, -0.25) is 4.90 Å². The van der Waals surface area contributed by atoms with Crippen LogP contribution in [-0.4, -0.2) is 43.3 Å². The largest absolute Gasteiger partial charge is 0.376 e. The first kappa shape index (κ1) is 16.9. The van der Waals surface area contributed by atoms with Gasteiger partial charge in [-0.05, 0) is 44.5 Å². The molecule has 118 valence electrons. The van der Waals surface area contributed by atoms with Gasteiger partial charge in [-0.25, -0.2) is 0 Å². The van der Waals surface area contributed by atoms with E-state index >= 15 is 0 Å². The third-order valence-electron chi connectivity index (χ3n) is 4.16. The van der Waals surface area contributed by atoms with Crippen molar-refractivity contribution < 1.29 is 4.74 Å². The number of halogens is 1. The average molecular weight is 355 g/mol. The second kappa shape index (κ2) is 8.28. The Balaban J connectivity index is 1.94. The van der Waals surface area contributed by atoms with Crippen LogP contribution in [0, 0.1) is 0 Å².